The van der Waals surface area contributed by atoms with Crippen molar-refractivity contribution in [1.29, 1.82) is 0 Å². The second-order valence-corrected chi connectivity index (χ2v) is 6.88. The molecule has 2 fully saturated rings. The van der Waals surface area contributed by atoms with E-state index in [4.69, 9.17) is 4.74 Å². The molecule has 2 atom stereocenters. The van der Waals surface area contributed by atoms with Gasteiger partial charge in [0.05, 0.1) is 6.61 Å². The molecule has 3 aliphatic heterocycles. The third-order valence-corrected chi connectivity index (χ3v) is 5.37. The highest BCUT2D eigenvalue weighted by molar-refractivity contribution is 5.39. The third-order valence-electron chi connectivity index (χ3n) is 5.37. The van der Waals surface area contributed by atoms with Gasteiger partial charge in [0.15, 0.2) is 0 Å². The van der Waals surface area contributed by atoms with E-state index in [0.717, 1.165) is 37.3 Å². The number of hydrogen-bond acceptors (Lipinski definition) is 3. The molecule has 2 unspecified atom stereocenters. The van der Waals surface area contributed by atoms with Crippen LogP contribution in [0.4, 0.5) is 0 Å². The Morgan fingerprint density at radius 2 is 2.24 bits per heavy atom. The molecule has 3 aliphatic rings. The van der Waals surface area contributed by atoms with Crippen molar-refractivity contribution in [3.05, 3.63) is 29.3 Å². The lowest BCUT2D eigenvalue weighted by Crippen LogP contribution is -2.43. The number of fused-ring (bicyclic) bond motifs is 1. The van der Waals surface area contributed by atoms with E-state index < -0.39 is 0 Å². The fourth-order valence-electron chi connectivity index (χ4n) is 4.27. The number of piperidine rings is 1. The first kappa shape index (κ1) is 13.6. The van der Waals surface area contributed by atoms with E-state index >= 15 is 0 Å². The molecule has 1 N–H and O–H groups in total. The van der Waals surface area contributed by atoms with Gasteiger partial charge < -0.3 is 10.1 Å². The Kier molecular flexibility index (Phi) is 3.87. The van der Waals surface area contributed by atoms with Crippen LogP contribution in [0.25, 0.3) is 0 Å². The minimum absolute atomic E-state index is 0.779. The average Bonchev–Trinajstić information content (AvgIpc) is 3.18. The molecular formula is C18H26N2O. The Morgan fingerprint density at radius 1 is 1.24 bits per heavy atom. The second-order valence-electron chi connectivity index (χ2n) is 6.88. The van der Waals surface area contributed by atoms with Gasteiger partial charge in [-0.2, -0.15) is 0 Å². The summed E-state index contributed by atoms with van der Waals surface area (Å²) in [6.07, 6.45) is 6.60. The van der Waals surface area contributed by atoms with Crippen LogP contribution in [0.15, 0.2) is 18.2 Å². The zero-order valence-corrected chi connectivity index (χ0v) is 12.8. The first-order valence-corrected chi connectivity index (χ1v) is 8.59. The quantitative estimate of drug-likeness (QED) is 0.924. The highest BCUT2D eigenvalue weighted by Crippen LogP contribution is 2.28. The summed E-state index contributed by atoms with van der Waals surface area (Å²) in [5, 5.41) is 3.70. The molecule has 3 heteroatoms. The van der Waals surface area contributed by atoms with Gasteiger partial charge in [0.25, 0.3) is 0 Å². The highest BCUT2D eigenvalue weighted by Gasteiger charge is 2.29. The molecule has 1 aromatic rings. The second kappa shape index (κ2) is 5.98. The molecule has 0 saturated carbocycles. The summed E-state index contributed by atoms with van der Waals surface area (Å²) in [6, 6.07) is 7.56. The Hall–Kier alpha value is -1.06. The third kappa shape index (κ3) is 2.95. The van der Waals surface area contributed by atoms with Gasteiger partial charge in [0.2, 0.25) is 0 Å². The Bertz CT molecular complexity index is 496. The molecule has 1 aromatic carbocycles. The SMILES string of the molecule is c1cc2c(cc1CN1CCCC(C3CCCN3)C1)CCO2. The lowest BCUT2D eigenvalue weighted by atomic mass is 9.89. The number of rotatable bonds is 3. The normalized spacial score (nSPS) is 29.3. The summed E-state index contributed by atoms with van der Waals surface area (Å²) >= 11 is 0. The van der Waals surface area contributed by atoms with Crippen molar-refractivity contribution < 1.29 is 4.74 Å². The summed E-state index contributed by atoms with van der Waals surface area (Å²) < 4.78 is 5.61. The number of hydrogen-bond donors (Lipinski definition) is 1. The van der Waals surface area contributed by atoms with Gasteiger partial charge in [-0.1, -0.05) is 12.1 Å². The van der Waals surface area contributed by atoms with Gasteiger partial charge in [-0.3, -0.25) is 4.90 Å². The molecule has 21 heavy (non-hydrogen) atoms. The monoisotopic (exact) mass is 286 g/mol. The van der Waals surface area contributed by atoms with Crippen molar-refractivity contribution >= 4 is 0 Å². The summed E-state index contributed by atoms with van der Waals surface area (Å²) in [4.78, 5) is 2.66. The van der Waals surface area contributed by atoms with Crippen molar-refractivity contribution in [1.82, 2.24) is 10.2 Å². The molecule has 0 spiro atoms. The molecular weight excluding hydrogens is 260 g/mol. The van der Waals surface area contributed by atoms with E-state index in [-0.39, 0.29) is 0 Å². The molecule has 4 rings (SSSR count). The number of ether oxygens (including phenoxy) is 1. The van der Waals surface area contributed by atoms with Crippen molar-refractivity contribution in [2.75, 3.05) is 26.2 Å². The lowest BCUT2D eigenvalue weighted by molar-refractivity contribution is 0.145. The number of likely N-dealkylation sites (tertiary alicyclic amines) is 1. The summed E-state index contributed by atoms with van der Waals surface area (Å²) in [6.45, 7) is 5.72. The zero-order chi connectivity index (χ0) is 14.1. The first-order valence-electron chi connectivity index (χ1n) is 8.59. The Morgan fingerprint density at radius 3 is 3.14 bits per heavy atom. The largest absolute Gasteiger partial charge is 0.493 e. The number of nitrogens with zero attached hydrogens (tertiary/aromatic N) is 1. The highest BCUT2D eigenvalue weighted by atomic mass is 16.5. The summed E-state index contributed by atoms with van der Waals surface area (Å²) in [7, 11) is 0. The maximum Gasteiger partial charge on any atom is 0.122 e. The predicted octanol–water partition coefficient (Wildman–Crippen LogP) is 2.59. The van der Waals surface area contributed by atoms with Crippen LogP contribution < -0.4 is 10.1 Å². The van der Waals surface area contributed by atoms with Crippen LogP contribution in [0.5, 0.6) is 5.75 Å². The van der Waals surface area contributed by atoms with E-state index in [0.29, 0.717) is 0 Å². The lowest BCUT2D eigenvalue weighted by Gasteiger charge is -2.36. The number of nitrogens with one attached hydrogen (secondary N) is 1. The fraction of sp³-hybridized carbons (Fsp3) is 0.667. The van der Waals surface area contributed by atoms with E-state index in [1.165, 1.54) is 56.4 Å². The molecule has 0 amide bonds. The smallest absolute Gasteiger partial charge is 0.122 e. The minimum Gasteiger partial charge on any atom is -0.493 e. The van der Waals surface area contributed by atoms with Crippen LogP contribution in [-0.4, -0.2) is 37.2 Å². The van der Waals surface area contributed by atoms with E-state index in [1.807, 2.05) is 0 Å². The summed E-state index contributed by atoms with van der Waals surface area (Å²) in [5.41, 5.74) is 2.86. The molecule has 0 aliphatic carbocycles. The maximum absolute atomic E-state index is 5.61. The van der Waals surface area contributed by atoms with Crippen molar-refractivity contribution in [3.63, 3.8) is 0 Å². The standard InChI is InChI=1S/C18H26N2O/c1-4-17(19-8-1)16-3-2-9-20(13-16)12-14-5-6-18-15(11-14)7-10-21-18/h5-6,11,16-17,19H,1-4,7-10,12-13H2. The van der Waals surface area contributed by atoms with Gasteiger partial charge in [-0.05, 0) is 61.9 Å². The number of benzene rings is 1. The van der Waals surface area contributed by atoms with Gasteiger partial charge in [-0.15, -0.1) is 0 Å². The average molecular weight is 286 g/mol. The van der Waals surface area contributed by atoms with E-state index in [1.54, 1.807) is 0 Å². The van der Waals surface area contributed by atoms with Crippen LogP contribution >= 0.6 is 0 Å². The van der Waals surface area contributed by atoms with E-state index in [9.17, 15) is 0 Å². The molecule has 0 bridgehead atoms. The topological polar surface area (TPSA) is 24.5 Å². The van der Waals surface area contributed by atoms with Crippen molar-refractivity contribution in [3.8, 4) is 5.75 Å². The van der Waals surface area contributed by atoms with E-state index in [2.05, 4.69) is 28.4 Å². The van der Waals surface area contributed by atoms with Crippen LogP contribution in [0.1, 0.15) is 36.8 Å². The molecule has 3 nitrogen and oxygen atoms in total. The Balaban J connectivity index is 1.39. The molecule has 3 heterocycles. The molecule has 0 radical (unpaired) electrons. The zero-order valence-electron chi connectivity index (χ0n) is 12.8. The maximum atomic E-state index is 5.61. The van der Waals surface area contributed by atoms with Crippen molar-refractivity contribution in [2.45, 2.75) is 44.7 Å². The van der Waals surface area contributed by atoms with Crippen LogP contribution in [-0.2, 0) is 13.0 Å². The van der Waals surface area contributed by atoms with Gasteiger partial charge in [-0.25, -0.2) is 0 Å². The first-order chi connectivity index (χ1) is 10.4. The van der Waals surface area contributed by atoms with Gasteiger partial charge in [0, 0.05) is 25.6 Å². The summed E-state index contributed by atoms with van der Waals surface area (Å²) in [5.74, 6) is 1.96. The van der Waals surface area contributed by atoms with Gasteiger partial charge in [0.1, 0.15) is 5.75 Å². The van der Waals surface area contributed by atoms with Crippen LogP contribution in [0, 0.1) is 5.92 Å². The minimum atomic E-state index is 0.779. The van der Waals surface area contributed by atoms with Gasteiger partial charge >= 0.3 is 0 Å². The Labute approximate surface area is 127 Å². The predicted molar refractivity (Wildman–Crippen MR) is 84.7 cm³/mol. The molecule has 2 saturated heterocycles. The van der Waals surface area contributed by atoms with Crippen LogP contribution in [0.2, 0.25) is 0 Å². The van der Waals surface area contributed by atoms with Crippen LogP contribution in [0.3, 0.4) is 0 Å². The molecule has 114 valence electrons. The fourth-order valence-corrected chi connectivity index (χ4v) is 4.27. The van der Waals surface area contributed by atoms with Crippen molar-refractivity contribution in [2.24, 2.45) is 5.92 Å². The molecule has 0 aromatic heterocycles.